The minimum absolute atomic E-state index is 0.558. The van der Waals surface area contributed by atoms with E-state index in [9.17, 15) is 0 Å². The molecule has 0 radical (unpaired) electrons. The van der Waals surface area contributed by atoms with Crippen LogP contribution in [0.25, 0.3) is 0 Å². The van der Waals surface area contributed by atoms with Crippen LogP contribution in [0.4, 0.5) is 5.69 Å². The number of nitriles is 1. The van der Waals surface area contributed by atoms with Crippen LogP contribution in [0.5, 0.6) is 0 Å². The Labute approximate surface area is 125 Å². The molecule has 2 saturated heterocycles. The summed E-state index contributed by atoms with van der Waals surface area (Å²) in [6, 6.07) is 8.57. The molecule has 20 heavy (non-hydrogen) atoms. The Hall–Kier alpha value is -1.24. The topological polar surface area (TPSA) is 30.3 Å². The van der Waals surface area contributed by atoms with Gasteiger partial charge in [-0.15, -0.1) is 0 Å². The maximum Gasteiger partial charge on any atom is 0.101 e. The van der Waals surface area contributed by atoms with E-state index in [-0.39, 0.29) is 0 Å². The second-order valence-electron chi connectivity index (χ2n) is 5.76. The molecule has 0 amide bonds. The summed E-state index contributed by atoms with van der Waals surface area (Å²) in [4.78, 5) is 5.04. The zero-order chi connectivity index (χ0) is 13.9. The summed E-state index contributed by atoms with van der Waals surface area (Å²) < 4.78 is 0. The van der Waals surface area contributed by atoms with E-state index >= 15 is 0 Å². The van der Waals surface area contributed by atoms with Gasteiger partial charge in [-0.05, 0) is 50.6 Å². The second-order valence-corrected chi connectivity index (χ2v) is 6.17. The standard InChI is InChI=1S/C16H20ClN3/c17-16-10-14(5-4-13(16)11-18)20-9-6-15(12-20)19-7-2-1-3-8-19/h4-5,10,15H,1-3,6-9,12H2. The molecule has 0 aromatic heterocycles. The van der Waals surface area contributed by atoms with Gasteiger partial charge in [0.2, 0.25) is 0 Å². The lowest BCUT2D eigenvalue weighted by atomic mass is 10.1. The van der Waals surface area contributed by atoms with E-state index in [2.05, 4.69) is 15.9 Å². The molecule has 2 fully saturated rings. The molecular weight excluding hydrogens is 270 g/mol. The number of hydrogen-bond acceptors (Lipinski definition) is 3. The molecule has 3 rings (SSSR count). The van der Waals surface area contributed by atoms with E-state index in [0.717, 1.165) is 18.8 Å². The van der Waals surface area contributed by atoms with Gasteiger partial charge >= 0.3 is 0 Å². The van der Waals surface area contributed by atoms with E-state index in [1.807, 2.05) is 18.2 Å². The largest absolute Gasteiger partial charge is 0.370 e. The lowest BCUT2D eigenvalue weighted by molar-refractivity contribution is 0.175. The number of halogens is 1. The van der Waals surface area contributed by atoms with Crippen molar-refractivity contribution >= 4 is 17.3 Å². The van der Waals surface area contributed by atoms with E-state index in [0.29, 0.717) is 16.6 Å². The van der Waals surface area contributed by atoms with Crippen molar-refractivity contribution in [1.82, 2.24) is 4.90 Å². The van der Waals surface area contributed by atoms with Crippen LogP contribution in [0, 0.1) is 11.3 Å². The van der Waals surface area contributed by atoms with Gasteiger partial charge in [0.1, 0.15) is 6.07 Å². The molecule has 1 aromatic rings. The van der Waals surface area contributed by atoms with Crippen LogP contribution >= 0.6 is 11.6 Å². The summed E-state index contributed by atoms with van der Waals surface area (Å²) in [7, 11) is 0. The van der Waals surface area contributed by atoms with Gasteiger partial charge < -0.3 is 4.90 Å². The molecule has 3 nitrogen and oxygen atoms in total. The number of piperidine rings is 1. The van der Waals surface area contributed by atoms with Crippen molar-refractivity contribution in [3.63, 3.8) is 0 Å². The van der Waals surface area contributed by atoms with Gasteiger partial charge in [-0.2, -0.15) is 5.26 Å². The third kappa shape index (κ3) is 2.77. The first-order chi connectivity index (χ1) is 9.78. The normalized spacial score (nSPS) is 23.8. The zero-order valence-electron chi connectivity index (χ0n) is 11.7. The van der Waals surface area contributed by atoms with Crippen molar-refractivity contribution < 1.29 is 0 Å². The monoisotopic (exact) mass is 289 g/mol. The Kier molecular flexibility index (Phi) is 4.14. The molecule has 2 aliphatic rings. The highest BCUT2D eigenvalue weighted by Crippen LogP contribution is 2.28. The molecule has 2 heterocycles. The predicted octanol–water partition coefficient (Wildman–Crippen LogP) is 3.28. The summed E-state index contributed by atoms with van der Waals surface area (Å²) in [5.74, 6) is 0. The van der Waals surface area contributed by atoms with Crippen LogP contribution in [0.3, 0.4) is 0 Å². The summed E-state index contributed by atoms with van der Waals surface area (Å²) in [6.07, 6.45) is 5.31. The minimum Gasteiger partial charge on any atom is -0.370 e. The summed E-state index contributed by atoms with van der Waals surface area (Å²) in [6.45, 7) is 4.69. The van der Waals surface area contributed by atoms with E-state index in [4.69, 9.17) is 16.9 Å². The molecule has 1 unspecified atom stereocenters. The second kappa shape index (κ2) is 6.03. The third-order valence-corrected chi connectivity index (χ3v) is 4.82. The van der Waals surface area contributed by atoms with Crippen LogP contribution in [-0.2, 0) is 0 Å². The molecule has 0 saturated carbocycles. The Morgan fingerprint density at radius 1 is 1.15 bits per heavy atom. The van der Waals surface area contributed by atoms with E-state index < -0.39 is 0 Å². The fourth-order valence-corrected chi connectivity index (χ4v) is 3.57. The molecule has 0 bridgehead atoms. The van der Waals surface area contributed by atoms with Crippen molar-refractivity contribution in [2.45, 2.75) is 31.7 Å². The van der Waals surface area contributed by atoms with Crippen LogP contribution in [-0.4, -0.2) is 37.1 Å². The number of anilines is 1. The van der Waals surface area contributed by atoms with Crippen molar-refractivity contribution in [3.05, 3.63) is 28.8 Å². The first kappa shape index (κ1) is 13.7. The van der Waals surface area contributed by atoms with Crippen LogP contribution in [0.2, 0.25) is 5.02 Å². The number of rotatable bonds is 2. The first-order valence-electron chi connectivity index (χ1n) is 7.46. The van der Waals surface area contributed by atoms with Crippen LogP contribution in [0.1, 0.15) is 31.2 Å². The zero-order valence-corrected chi connectivity index (χ0v) is 12.4. The lowest BCUT2D eigenvalue weighted by Crippen LogP contribution is -2.40. The Morgan fingerprint density at radius 3 is 2.65 bits per heavy atom. The Bertz CT molecular complexity index is 517. The molecule has 2 aliphatic heterocycles. The summed E-state index contributed by atoms with van der Waals surface area (Å²) in [5.41, 5.74) is 1.70. The summed E-state index contributed by atoms with van der Waals surface area (Å²) in [5, 5.41) is 9.49. The molecule has 1 atom stereocenters. The molecule has 0 aliphatic carbocycles. The maximum atomic E-state index is 8.93. The van der Waals surface area contributed by atoms with Crippen molar-refractivity contribution in [2.24, 2.45) is 0 Å². The van der Waals surface area contributed by atoms with Gasteiger partial charge in [-0.3, -0.25) is 4.90 Å². The average molecular weight is 290 g/mol. The molecule has 4 heteroatoms. The highest BCUT2D eigenvalue weighted by Gasteiger charge is 2.28. The Balaban J connectivity index is 1.67. The maximum absolute atomic E-state index is 8.93. The van der Waals surface area contributed by atoms with E-state index in [1.165, 1.54) is 38.8 Å². The predicted molar refractivity (Wildman–Crippen MR) is 82.2 cm³/mol. The van der Waals surface area contributed by atoms with Crippen molar-refractivity contribution in [3.8, 4) is 6.07 Å². The van der Waals surface area contributed by atoms with Crippen molar-refractivity contribution in [1.29, 1.82) is 5.26 Å². The van der Waals surface area contributed by atoms with Gasteiger partial charge in [-0.1, -0.05) is 18.0 Å². The molecule has 0 spiro atoms. The quantitative estimate of drug-likeness (QED) is 0.837. The number of likely N-dealkylation sites (tertiary alicyclic amines) is 1. The average Bonchev–Trinajstić information content (AvgIpc) is 2.98. The van der Waals surface area contributed by atoms with Gasteiger partial charge in [0.05, 0.1) is 10.6 Å². The first-order valence-corrected chi connectivity index (χ1v) is 7.84. The third-order valence-electron chi connectivity index (χ3n) is 4.51. The van der Waals surface area contributed by atoms with Crippen LogP contribution in [0.15, 0.2) is 18.2 Å². The highest BCUT2D eigenvalue weighted by atomic mass is 35.5. The number of benzene rings is 1. The molecular formula is C16H20ClN3. The van der Waals surface area contributed by atoms with E-state index in [1.54, 1.807) is 0 Å². The fourth-order valence-electron chi connectivity index (χ4n) is 3.35. The minimum atomic E-state index is 0.558. The van der Waals surface area contributed by atoms with Gasteiger partial charge in [0, 0.05) is 24.8 Å². The van der Waals surface area contributed by atoms with Crippen LogP contribution < -0.4 is 4.90 Å². The number of hydrogen-bond donors (Lipinski definition) is 0. The number of nitrogens with zero attached hydrogens (tertiary/aromatic N) is 3. The Morgan fingerprint density at radius 2 is 1.95 bits per heavy atom. The SMILES string of the molecule is N#Cc1ccc(N2CCC(N3CCCCC3)C2)cc1Cl. The molecule has 0 N–H and O–H groups in total. The van der Waals surface area contributed by atoms with Gasteiger partial charge in [0.15, 0.2) is 0 Å². The molecule has 1 aromatic carbocycles. The molecule has 106 valence electrons. The highest BCUT2D eigenvalue weighted by molar-refractivity contribution is 6.32. The van der Waals surface area contributed by atoms with Crippen molar-refractivity contribution in [2.75, 3.05) is 31.1 Å². The lowest BCUT2D eigenvalue weighted by Gasteiger charge is -2.32. The fraction of sp³-hybridized carbons (Fsp3) is 0.562. The smallest absolute Gasteiger partial charge is 0.101 e. The van der Waals surface area contributed by atoms with Gasteiger partial charge in [-0.25, -0.2) is 0 Å². The summed E-state index contributed by atoms with van der Waals surface area (Å²) >= 11 is 6.13. The van der Waals surface area contributed by atoms with Gasteiger partial charge in [0.25, 0.3) is 0 Å².